The number of aryl methyl sites for hydroxylation is 1. The van der Waals surface area contributed by atoms with Crippen LogP contribution in [-0.4, -0.2) is 10.3 Å². The summed E-state index contributed by atoms with van der Waals surface area (Å²) in [6, 6.07) is 1.98. The largest absolute Gasteiger partial charge is 0.263 e. The third-order valence-corrected chi connectivity index (χ3v) is 2.59. The molecule has 0 unspecified atom stereocenters. The molecule has 1 rings (SSSR count). The number of alkyl halides is 1. The van der Waals surface area contributed by atoms with Crippen molar-refractivity contribution >= 4 is 27.5 Å². The molecule has 0 atom stereocenters. The van der Waals surface area contributed by atoms with Crippen molar-refractivity contribution in [3.8, 4) is 0 Å². The Morgan fingerprint density at radius 1 is 1.42 bits per heavy atom. The molecule has 0 spiro atoms. The molecular formula is C9H11BrClN. The fraction of sp³-hybridized carbons (Fsp3) is 0.444. The molecule has 0 saturated carbocycles. The first-order valence-corrected chi connectivity index (χ1v) is 5.49. The summed E-state index contributed by atoms with van der Waals surface area (Å²) in [4.78, 5) is 3.93. The van der Waals surface area contributed by atoms with Gasteiger partial charge in [-0.1, -0.05) is 27.5 Å². The summed E-state index contributed by atoms with van der Waals surface area (Å²) in [5.74, 6) is 0. The van der Waals surface area contributed by atoms with E-state index in [1.54, 1.807) is 12.4 Å². The van der Waals surface area contributed by atoms with Crippen LogP contribution in [0, 0.1) is 0 Å². The summed E-state index contributed by atoms with van der Waals surface area (Å²) in [6.07, 6.45) is 6.90. The number of rotatable bonds is 4. The predicted octanol–water partition coefficient (Wildman–Crippen LogP) is 3.45. The average Bonchev–Trinajstić information content (AvgIpc) is 2.09. The molecule has 0 N–H and O–H groups in total. The molecule has 1 heterocycles. The van der Waals surface area contributed by atoms with Crippen LogP contribution >= 0.6 is 27.5 Å². The Labute approximate surface area is 86.3 Å². The number of hydrogen-bond donors (Lipinski definition) is 0. The van der Waals surface area contributed by atoms with Gasteiger partial charge >= 0.3 is 0 Å². The van der Waals surface area contributed by atoms with Gasteiger partial charge in [-0.3, -0.25) is 4.98 Å². The molecule has 0 aliphatic rings. The van der Waals surface area contributed by atoms with Crippen LogP contribution < -0.4 is 0 Å². The van der Waals surface area contributed by atoms with Gasteiger partial charge < -0.3 is 0 Å². The summed E-state index contributed by atoms with van der Waals surface area (Å²) in [7, 11) is 0. The summed E-state index contributed by atoms with van der Waals surface area (Å²) in [5, 5.41) is 1.85. The van der Waals surface area contributed by atoms with Crippen LogP contribution in [0.25, 0.3) is 0 Å². The molecular weight excluding hydrogens is 237 g/mol. The Bertz CT molecular complexity index is 240. The molecule has 0 saturated heterocycles. The number of hydrogen-bond acceptors (Lipinski definition) is 1. The molecule has 66 valence electrons. The zero-order valence-corrected chi connectivity index (χ0v) is 9.11. The highest BCUT2D eigenvalue weighted by Gasteiger charge is 1.97. The van der Waals surface area contributed by atoms with Crippen molar-refractivity contribution in [1.29, 1.82) is 0 Å². The van der Waals surface area contributed by atoms with E-state index in [2.05, 4.69) is 20.9 Å². The summed E-state index contributed by atoms with van der Waals surface area (Å²) in [5.41, 5.74) is 1.20. The normalized spacial score (nSPS) is 10.2. The fourth-order valence-corrected chi connectivity index (χ4v) is 1.63. The number of aromatic nitrogens is 1. The van der Waals surface area contributed by atoms with Crippen molar-refractivity contribution in [3.63, 3.8) is 0 Å². The lowest BCUT2D eigenvalue weighted by molar-refractivity contribution is 0.805. The lowest BCUT2D eigenvalue weighted by Crippen LogP contribution is -1.88. The Kier molecular flexibility index (Phi) is 4.62. The van der Waals surface area contributed by atoms with Gasteiger partial charge in [-0.05, 0) is 30.9 Å². The quantitative estimate of drug-likeness (QED) is 0.587. The van der Waals surface area contributed by atoms with Gasteiger partial charge in [-0.2, -0.15) is 0 Å². The van der Waals surface area contributed by atoms with E-state index in [0.29, 0.717) is 0 Å². The highest BCUT2D eigenvalue weighted by Crippen LogP contribution is 2.15. The highest BCUT2D eigenvalue weighted by molar-refractivity contribution is 9.09. The van der Waals surface area contributed by atoms with Crippen LogP contribution in [0.5, 0.6) is 0 Å². The minimum Gasteiger partial charge on any atom is -0.263 e. The van der Waals surface area contributed by atoms with Gasteiger partial charge in [0.25, 0.3) is 0 Å². The van der Waals surface area contributed by atoms with Gasteiger partial charge in [-0.15, -0.1) is 0 Å². The second-order valence-corrected chi connectivity index (χ2v) is 3.81. The fourth-order valence-electron chi connectivity index (χ4n) is 1.02. The van der Waals surface area contributed by atoms with E-state index < -0.39 is 0 Å². The molecule has 12 heavy (non-hydrogen) atoms. The van der Waals surface area contributed by atoms with Crippen molar-refractivity contribution in [2.75, 3.05) is 5.33 Å². The first-order chi connectivity index (χ1) is 5.84. The number of nitrogens with zero attached hydrogens (tertiary/aromatic N) is 1. The Morgan fingerprint density at radius 2 is 2.25 bits per heavy atom. The van der Waals surface area contributed by atoms with E-state index in [4.69, 9.17) is 11.6 Å². The van der Waals surface area contributed by atoms with E-state index in [1.807, 2.05) is 6.07 Å². The van der Waals surface area contributed by atoms with Crippen molar-refractivity contribution in [3.05, 3.63) is 29.0 Å². The lowest BCUT2D eigenvalue weighted by atomic mass is 10.1. The van der Waals surface area contributed by atoms with E-state index in [-0.39, 0.29) is 0 Å². The predicted molar refractivity (Wildman–Crippen MR) is 56.0 cm³/mol. The maximum Gasteiger partial charge on any atom is 0.0621 e. The SMILES string of the molecule is Clc1cnccc1CCCCBr. The van der Waals surface area contributed by atoms with E-state index in [1.165, 1.54) is 18.4 Å². The minimum absolute atomic E-state index is 0.784. The smallest absolute Gasteiger partial charge is 0.0621 e. The van der Waals surface area contributed by atoms with Gasteiger partial charge in [-0.25, -0.2) is 0 Å². The van der Waals surface area contributed by atoms with Gasteiger partial charge in [0.15, 0.2) is 0 Å². The molecule has 0 aliphatic heterocycles. The van der Waals surface area contributed by atoms with E-state index in [9.17, 15) is 0 Å². The maximum atomic E-state index is 5.93. The van der Waals surface area contributed by atoms with Crippen molar-refractivity contribution in [1.82, 2.24) is 4.98 Å². The first-order valence-electron chi connectivity index (χ1n) is 3.99. The molecule has 0 fully saturated rings. The Hall–Kier alpha value is -0.0800. The number of halogens is 2. The summed E-state index contributed by atoms with van der Waals surface area (Å²) < 4.78 is 0. The molecule has 0 aromatic carbocycles. The Balaban J connectivity index is 2.46. The van der Waals surface area contributed by atoms with Crippen LogP contribution in [0.4, 0.5) is 0 Å². The monoisotopic (exact) mass is 247 g/mol. The molecule has 1 nitrogen and oxygen atoms in total. The van der Waals surface area contributed by atoms with Crippen LogP contribution in [0.1, 0.15) is 18.4 Å². The van der Waals surface area contributed by atoms with Gasteiger partial charge in [0.1, 0.15) is 0 Å². The van der Waals surface area contributed by atoms with E-state index in [0.717, 1.165) is 16.8 Å². The second-order valence-electron chi connectivity index (χ2n) is 2.61. The molecule has 1 aromatic rings. The topological polar surface area (TPSA) is 12.9 Å². The van der Waals surface area contributed by atoms with Crippen molar-refractivity contribution in [2.24, 2.45) is 0 Å². The lowest BCUT2D eigenvalue weighted by Gasteiger charge is -2.01. The molecule has 3 heteroatoms. The molecule has 0 radical (unpaired) electrons. The van der Waals surface area contributed by atoms with Crippen LogP contribution in [0.3, 0.4) is 0 Å². The zero-order chi connectivity index (χ0) is 8.81. The first kappa shape index (κ1) is 10.0. The van der Waals surface area contributed by atoms with Crippen LogP contribution in [-0.2, 0) is 6.42 Å². The standard InChI is InChI=1S/C9H11BrClN/c10-5-2-1-3-8-4-6-12-7-9(8)11/h4,6-7H,1-3,5H2. The van der Waals surface area contributed by atoms with Crippen molar-refractivity contribution < 1.29 is 0 Å². The van der Waals surface area contributed by atoms with E-state index >= 15 is 0 Å². The zero-order valence-electron chi connectivity index (χ0n) is 6.76. The molecule has 0 bridgehead atoms. The van der Waals surface area contributed by atoms with Crippen LogP contribution in [0.15, 0.2) is 18.5 Å². The van der Waals surface area contributed by atoms with Gasteiger partial charge in [0, 0.05) is 17.7 Å². The molecule has 0 amide bonds. The molecule has 1 aromatic heterocycles. The third-order valence-electron chi connectivity index (χ3n) is 1.69. The van der Waals surface area contributed by atoms with Gasteiger partial charge in [0.2, 0.25) is 0 Å². The van der Waals surface area contributed by atoms with Crippen LogP contribution in [0.2, 0.25) is 5.02 Å². The number of pyridine rings is 1. The van der Waals surface area contributed by atoms with Gasteiger partial charge in [0.05, 0.1) is 5.02 Å². The summed E-state index contributed by atoms with van der Waals surface area (Å²) in [6.45, 7) is 0. The number of unbranched alkanes of at least 4 members (excludes halogenated alkanes) is 1. The maximum absolute atomic E-state index is 5.93. The highest BCUT2D eigenvalue weighted by atomic mass is 79.9. The Morgan fingerprint density at radius 3 is 2.92 bits per heavy atom. The summed E-state index contributed by atoms with van der Waals surface area (Å²) >= 11 is 9.33. The average molecular weight is 249 g/mol. The third kappa shape index (κ3) is 3.11. The minimum atomic E-state index is 0.784. The van der Waals surface area contributed by atoms with Crippen molar-refractivity contribution in [2.45, 2.75) is 19.3 Å². The second kappa shape index (κ2) is 5.55. The molecule has 0 aliphatic carbocycles.